The monoisotopic (exact) mass is 277 g/mol. The van der Waals surface area contributed by atoms with Gasteiger partial charge in [-0.05, 0) is 12.0 Å². The zero-order valence-corrected chi connectivity index (χ0v) is 12.1. The summed E-state index contributed by atoms with van der Waals surface area (Å²) in [5, 5.41) is 0. The second kappa shape index (κ2) is 8.02. The van der Waals surface area contributed by atoms with Crippen LogP contribution in [0.5, 0.6) is 0 Å². The summed E-state index contributed by atoms with van der Waals surface area (Å²) >= 11 is 0. The van der Waals surface area contributed by atoms with Crippen molar-refractivity contribution in [3.05, 3.63) is 35.9 Å². The highest BCUT2D eigenvalue weighted by molar-refractivity contribution is 5.75. The number of hydrogen-bond acceptors (Lipinski definition) is 4. The molecule has 0 bridgehead atoms. The minimum absolute atomic E-state index is 0.226. The summed E-state index contributed by atoms with van der Waals surface area (Å²) in [5.41, 5.74) is 1.26. The summed E-state index contributed by atoms with van der Waals surface area (Å²) in [5.74, 6) is -0.226. The molecule has 4 heteroatoms. The maximum absolute atomic E-state index is 11.9. The maximum Gasteiger partial charge on any atom is 0.336 e. The SMILES string of the molecule is CCCCOC(=O)C1CN(Cc2ccccc2)CCO1. The molecule has 1 aromatic rings. The highest BCUT2D eigenvalue weighted by atomic mass is 16.6. The van der Waals surface area contributed by atoms with Crippen LogP contribution < -0.4 is 0 Å². The van der Waals surface area contributed by atoms with Crippen molar-refractivity contribution >= 4 is 5.97 Å². The van der Waals surface area contributed by atoms with Gasteiger partial charge < -0.3 is 9.47 Å². The fraction of sp³-hybridized carbons (Fsp3) is 0.562. The van der Waals surface area contributed by atoms with E-state index in [2.05, 4.69) is 24.0 Å². The van der Waals surface area contributed by atoms with Crippen LogP contribution in [-0.2, 0) is 20.8 Å². The molecule has 1 aliphatic rings. The molecule has 0 N–H and O–H groups in total. The first-order valence-electron chi connectivity index (χ1n) is 7.34. The van der Waals surface area contributed by atoms with Gasteiger partial charge in [0.1, 0.15) is 0 Å². The number of esters is 1. The van der Waals surface area contributed by atoms with Gasteiger partial charge in [-0.2, -0.15) is 0 Å². The molecule has 1 saturated heterocycles. The van der Waals surface area contributed by atoms with E-state index in [-0.39, 0.29) is 5.97 Å². The minimum Gasteiger partial charge on any atom is -0.464 e. The average molecular weight is 277 g/mol. The smallest absolute Gasteiger partial charge is 0.336 e. The van der Waals surface area contributed by atoms with Crippen LogP contribution in [0.4, 0.5) is 0 Å². The fourth-order valence-electron chi connectivity index (χ4n) is 2.24. The van der Waals surface area contributed by atoms with E-state index in [4.69, 9.17) is 9.47 Å². The number of benzene rings is 1. The molecule has 4 nitrogen and oxygen atoms in total. The van der Waals surface area contributed by atoms with Crippen molar-refractivity contribution in [2.45, 2.75) is 32.4 Å². The van der Waals surface area contributed by atoms with Gasteiger partial charge in [0.2, 0.25) is 0 Å². The first-order chi connectivity index (χ1) is 9.79. The summed E-state index contributed by atoms with van der Waals surface area (Å²) < 4.78 is 10.8. The van der Waals surface area contributed by atoms with Crippen molar-refractivity contribution in [1.29, 1.82) is 0 Å². The van der Waals surface area contributed by atoms with Crippen LogP contribution in [0.3, 0.4) is 0 Å². The Labute approximate surface area is 120 Å². The zero-order chi connectivity index (χ0) is 14.2. The van der Waals surface area contributed by atoms with Crippen LogP contribution in [0.2, 0.25) is 0 Å². The predicted molar refractivity (Wildman–Crippen MR) is 77.3 cm³/mol. The van der Waals surface area contributed by atoms with E-state index >= 15 is 0 Å². The number of morpholine rings is 1. The topological polar surface area (TPSA) is 38.8 Å². The van der Waals surface area contributed by atoms with Gasteiger partial charge in [0.15, 0.2) is 6.10 Å². The molecule has 1 unspecified atom stereocenters. The summed E-state index contributed by atoms with van der Waals surface area (Å²) in [6.45, 7) is 5.47. The highest BCUT2D eigenvalue weighted by Gasteiger charge is 2.27. The quantitative estimate of drug-likeness (QED) is 0.590. The Morgan fingerprint density at radius 1 is 1.40 bits per heavy atom. The molecule has 0 radical (unpaired) electrons. The lowest BCUT2D eigenvalue weighted by Gasteiger charge is -2.31. The molecule has 0 aliphatic carbocycles. The van der Waals surface area contributed by atoms with Crippen LogP contribution in [0, 0.1) is 0 Å². The first-order valence-corrected chi connectivity index (χ1v) is 7.34. The highest BCUT2D eigenvalue weighted by Crippen LogP contribution is 2.11. The van der Waals surface area contributed by atoms with E-state index in [1.165, 1.54) is 5.56 Å². The van der Waals surface area contributed by atoms with E-state index in [0.717, 1.165) is 25.9 Å². The van der Waals surface area contributed by atoms with Crippen molar-refractivity contribution in [3.8, 4) is 0 Å². The summed E-state index contributed by atoms with van der Waals surface area (Å²) in [4.78, 5) is 14.1. The molecule has 1 fully saturated rings. The normalized spacial score (nSPS) is 19.8. The molecule has 1 aliphatic heterocycles. The van der Waals surface area contributed by atoms with Crippen molar-refractivity contribution in [1.82, 2.24) is 4.90 Å². The summed E-state index contributed by atoms with van der Waals surface area (Å²) in [6.07, 6.45) is 1.50. The number of nitrogens with zero attached hydrogens (tertiary/aromatic N) is 1. The lowest BCUT2D eigenvalue weighted by atomic mass is 10.2. The molecule has 0 amide bonds. The molecule has 1 heterocycles. The molecule has 0 saturated carbocycles. The maximum atomic E-state index is 11.9. The number of rotatable bonds is 6. The van der Waals surface area contributed by atoms with Crippen LogP contribution in [0.15, 0.2) is 30.3 Å². The number of ether oxygens (including phenoxy) is 2. The van der Waals surface area contributed by atoms with E-state index in [1.54, 1.807) is 0 Å². The second-order valence-corrected chi connectivity index (χ2v) is 5.10. The molecule has 0 aromatic heterocycles. The van der Waals surface area contributed by atoms with Gasteiger partial charge in [0, 0.05) is 19.6 Å². The third-order valence-electron chi connectivity index (χ3n) is 3.40. The van der Waals surface area contributed by atoms with Crippen LogP contribution in [0.1, 0.15) is 25.3 Å². The Bertz CT molecular complexity index is 407. The largest absolute Gasteiger partial charge is 0.464 e. The third-order valence-corrected chi connectivity index (χ3v) is 3.40. The molecule has 20 heavy (non-hydrogen) atoms. The van der Waals surface area contributed by atoms with Gasteiger partial charge in [-0.3, -0.25) is 4.90 Å². The summed E-state index contributed by atoms with van der Waals surface area (Å²) in [6, 6.07) is 10.3. The molecule has 1 atom stereocenters. The van der Waals surface area contributed by atoms with Gasteiger partial charge in [0.05, 0.1) is 13.2 Å². The Kier molecular flexibility index (Phi) is 6.02. The molecule has 2 rings (SSSR count). The number of hydrogen-bond donors (Lipinski definition) is 0. The van der Waals surface area contributed by atoms with Gasteiger partial charge in [-0.15, -0.1) is 0 Å². The van der Waals surface area contributed by atoms with Crippen molar-refractivity contribution in [3.63, 3.8) is 0 Å². The average Bonchev–Trinajstić information content (AvgIpc) is 2.49. The molecule has 0 spiro atoms. The Balaban J connectivity index is 1.80. The lowest BCUT2D eigenvalue weighted by Crippen LogP contribution is -2.46. The van der Waals surface area contributed by atoms with Gasteiger partial charge in [0.25, 0.3) is 0 Å². The van der Waals surface area contributed by atoms with Crippen LogP contribution in [0.25, 0.3) is 0 Å². The van der Waals surface area contributed by atoms with E-state index in [0.29, 0.717) is 19.8 Å². The fourth-order valence-corrected chi connectivity index (χ4v) is 2.24. The van der Waals surface area contributed by atoms with Gasteiger partial charge >= 0.3 is 5.97 Å². The number of carbonyl (C=O) groups excluding carboxylic acids is 1. The molecular weight excluding hydrogens is 254 g/mol. The van der Waals surface area contributed by atoms with E-state index in [1.807, 2.05) is 18.2 Å². The van der Waals surface area contributed by atoms with Crippen LogP contribution >= 0.6 is 0 Å². The predicted octanol–water partition coefficient (Wildman–Crippen LogP) is 2.23. The Morgan fingerprint density at radius 3 is 2.95 bits per heavy atom. The Morgan fingerprint density at radius 2 is 2.20 bits per heavy atom. The lowest BCUT2D eigenvalue weighted by molar-refractivity contribution is -0.163. The Hall–Kier alpha value is -1.39. The molecule has 1 aromatic carbocycles. The number of unbranched alkanes of at least 4 members (excludes halogenated alkanes) is 1. The van der Waals surface area contributed by atoms with Crippen LogP contribution in [-0.4, -0.2) is 43.3 Å². The zero-order valence-electron chi connectivity index (χ0n) is 12.1. The summed E-state index contributed by atoms with van der Waals surface area (Å²) in [7, 11) is 0. The van der Waals surface area contributed by atoms with E-state index < -0.39 is 6.10 Å². The minimum atomic E-state index is -0.440. The van der Waals surface area contributed by atoms with E-state index in [9.17, 15) is 4.79 Å². The van der Waals surface area contributed by atoms with Gasteiger partial charge in [-0.1, -0.05) is 43.7 Å². The molecular formula is C16H23NO3. The molecule has 110 valence electrons. The standard InChI is InChI=1S/C16H23NO3/c1-2-3-10-20-16(18)15-13-17(9-11-19-15)12-14-7-5-4-6-8-14/h4-8,15H,2-3,9-13H2,1H3. The van der Waals surface area contributed by atoms with Gasteiger partial charge in [-0.25, -0.2) is 4.79 Å². The van der Waals surface area contributed by atoms with Crippen molar-refractivity contribution < 1.29 is 14.3 Å². The first kappa shape index (κ1) is 15.0. The van der Waals surface area contributed by atoms with Crippen molar-refractivity contribution in [2.75, 3.05) is 26.3 Å². The third kappa shape index (κ3) is 4.62. The second-order valence-electron chi connectivity index (χ2n) is 5.10. The van der Waals surface area contributed by atoms with Crippen molar-refractivity contribution in [2.24, 2.45) is 0 Å². The number of carbonyl (C=O) groups is 1.